The summed E-state index contributed by atoms with van der Waals surface area (Å²) in [4.78, 5) is 11.1. The van der Waals surface area contributed by atoms with Gasteiger partial charge in [-0.05, 0) is 19.3 Å². The Kier molecular flexibility index (Phi) is 3.87. The molecule has 6 nitrogen and oxygen atoms in total. The molecule has 1 heterocycles. The number of carboxylic acids is 1. The zero-order valence-corrected chi connectivity index (χ0v) is 10.6. The monoisotopic (exact) mass is 241 g/mol. The predicted molar refractivity (Wildman–Crippen MR) is 61.4 cm³/mol. The molecule has 0 aliphatic carbocycles. The number of carbonyl (C=O) groups is 1. The number of aliphatic carboxylic acids is 1. The van der Waals surface area contributed by atoms with E-state index in [1.54, 1.807) is 20.8 Å². The van der Waals surface area contributed by atoms with Crippen LogP contribution in [-0.4, -0.2) is 31.2 Å². The molecule has 0 spiro atoms. The molecule has 0 aliphatic rings. The molecular weight excluding hydrogens is 222 g/mol. The van der Waals surface area contributed by atoms with Crippen LogP contribution in [0.5, 0.6) is 0 Å². The van der Waals surface area contributed by atoms with Crippen LogP contribution in [0, 0.1) is 5.92 Å². The fraction of sp³-hybridized carbons (Fsp3) is 0.727. The first-order chi connectivity index (χ1) is 7.79. The van der Waals surface area contributed by atoms with Gasteiger partial charge in [-0.3, -0.25) is 0 Å². The quantitative estimate of drug-likeness (QED) is 0.808. The summed E-state index contributed by atoms with van der Waals surface area (Å²) in [7, 11) is 0. The Morgan fingerprint density at radius 3 is 2.59 bits per heavy atom. The van der Waals surface area contributed by atoms with E-state index in [9.17, 15) is 9.90 Å². The van der Waals surface area contributed by atoms with Crippen LogP contribution in [0.2, 0.25) is 0 Å². The van der Waals surface area contributed by atoms with E-state index in [1.807, 2.05) is 6.92 Å². The second-order valence-electron chi connectivity index (χ2n) is 4.74. The Hall–Kier alpha value is -1.43. The SMILES string of the molecule is CCC(C)(O)c1cn(C(C(=O)O)C(C)C)nn1. The van der Waals surface area contributed by atoms with Crippen molar-refractivity contribution in [3.63, 3.8) is 0 Å². The van der Waals surface area contributed by atoms with Crippen LogP contribution in [0.1, 0.15) is 45.9 Å². The molecule has 1 aromatic rings. The molecule has 6 heteroatoms. The number of aliphatic hydroxyl groups is 1. The maximum absolute atomic E-state index is 11.1. The molecule has 0 saturated carbocycles. The second-order valence-corrected chi connectivity index (χ2v) is 4.74. The highest BCUT2D eigenvalue weighted by atomic mass is 16.4. The van der Waals surface area contributed by atoms with Gasteiger partial charge < -0.3 is 10.2 Å². The van der Waals surface area contributed by atoms with Crippen molar-refractivity contribution in [2.75, 3.05) is 0 Å². The number of carboxylic acid groups (broad SMARTS) is 1. The summed E-state index contributed by atoms with van der Waals surface area (Å²) in [5.74, 6) is -1.05. The van der Waals surface area contributed by atoms with Crippen LogP contribution in [0.15, 0.2) is 6.20 Å². The van der Waals surface area contributed by atoms with Gasteiger partial charge in [-0.15, -0.1) is 5.10 Å². The van der Waals surface area contributed by atoms with Gasteiger partial charge in [0.05, 0.1) is 6.20 Å². The molecule has 1 aromatic heterocycles. The highest BCUT2D eigenvalue weighted by Gasteiger charge is 2.29. The van der Waals surface area contributed by atoms with Crippen LogP contribution >= 0.6 is 0 Å². The highest BCUT2D eigenvalue weighted by Crippen LogP contribution is 2.24. The number of rotatable bonds is 5. The maximum Gasteiger partial charge on any atom is 0.328 e. The third kappa shape index (κ3) is 2.82. The van der Waals surface area contributed by atoms with Crippen LogP contribution < -0.4 is 0 Å². The Morgan fingerprint density at radius 2 is 2.18 bits per heavy atom. The smallest absolute Gasteiger partial charge is 0.328 e. The molecule has 0 aliphatic heterocycles. The number of aromatic nitrogens is 3. The van der Waals surface area contributed by atoms with Crippen molar-refractivity contribution in [1.82, 2.24) is 15.0 Å². The summed E-state index contributed by atoms with van der Waals surface area (Å²) >= 11 is 0. The Morgan fingerprint density at radius 1 is 1.59 bits per heavy atom. The summed E-state index contributed by atoms with van der Waals surface area (Å²) in [5, 5.41) is 26.8. The molecule has 2 N–H and O–H groups in total. The first-order valence-corrected chi connectivity index (χ1v) is 5.67. The average Bonchev–Trinajstić information content (AvgIpc) is 2.66. The van der Waals surface area contributed by atoms with Crippen molar-refractivity contribution in [2.45, 2.75) is 45.8 Å². The van der Waals surface area contributed by atoms with Gasteiger partial charge in [0.15, 0.2) is 6.04 Å². The van der Waals surface area contributed by atoms with Crippen molar-refractivity contribution < 1.29 is 15.0 Å². The largest absolute Gasteiger partial charge is 0.480 e. The lowest BCUT2D eigenvalue weighted by Crippen LogP contribution is -2.25. The van der Waals surface area contributed by atoms with Crippen LogP contribution in [-0.2, 0) is 10.4 Å². The zero-order chi connectivity index (χ0) is 13.2. The summed E-state index contributed by atoms with van der Waals surface area (Å²) in [6.07, 6.45) is 1.99. The van der Waals surface area contributed by atoms with Gasteiger partial charge in [-0.25, -0.2) is 9.48 Å². The minimum atomic E-state index is -1.07. The summed E-state index contributed by atoms with van der Waals surface area (Å²) in [5.41, 5.74) is -0.676. The molecule has 0 radical (unpaired) electrons. The van der Waals surface area contributed by atoms with E-state index in [0.717, 1.165) is 0 Å². The second kappa shape index (κ2) is 4.83. The maximum atomic E-state index is 11.1. The minimum absolute atomic E-state index is 0.103. The molecule has 0 fully saturated rings. The number of nitrogens with zero attached hydrogens (tertiary/aromatic N) is 3. The predicted octanol–water partition coefficient (Wildman–Crippen LogP) is 1.18. The van der Waals surface area contributed by atoms with E-state index >= 15 is 0 Å². The standard InChI is InChI=1S/C11H19N3O3/c1-5-11(4,17)8-6-14(13-12-8)9(7(2)3)10(15)16/h6-7,9,17H,5H2,1-4H3,(H,15,16). The van der Waals surface area contributed by atoms with E-state index in [4.69, 9.17) is 5.11 Å². The van der Waals surface area contributed by atoms with E-state index in [2.05, 4.69) is 10.3 Å². The number of hydrogen-bond donors (Lipinski definition) is 2. The fourth-order valence-electron chi connectivity index (χ4n) is 1.54. The highest BCUT2D eigenvalue weighted by molar-refractivity contribution is 5.71. The van der Waals surface area contributed by atoms with E-state index < -0.39 is 17.6 Å². The lowest BCUT2D eigenvalue weighted by molar-refractivity contribution is -0.142. The van der Waals surface area contributed by atoms with E-state index in [-0.39, 0.29) is 5.92 Å². The zero-order valence-electron chi connectivity index (χ0n) is 10.6. The molecule has 0 amide bonds. The molecule has 2 unspecified atom stereocenters. The van der Waals surface area contributed by atoms with Gasteiger partial charge in [-0.1, -0.05) is 26.0 Å². The molecule has 0 bridgehead atoms. The third-order valence-electron chi connectivity index (χ3n) is 2.92. The van der Waals surface area contributed by atoms with Crippen molar-refractivity contribution in [3.05, 3.63) is 11.9 Å². The number of hydrogen-bond acceptors (Lipinski definition) is 4. The minimum Gasteiger partial charge on any atom is -0.480 e. The first-order valence-electron chi connectivity index (χ1n) is 5.67. The van der Waals surface area contributed by atoms with Crippen molar-refractivity contribution in [2.24, 2.45) is 5.92 Å². The Labute approximate surface area is 100 Å². The molecule has 0 saturated heterocycles. The van der Waals surface area contributed by atoms with Gasteiger partial charge >= 0.3 is 5.97 Å². The van der Waals surface area contributed by atoms with Gasteiger partial charge in [0.25, 0.3) is 0 Å². The van der Waals surface area contributed by atoms with Crippen molar-refractivity contribution >= 4 is 5.97 Å². The van der Waals surface area contributed by atoms with Crippen molar-refractivity contribution in [3.8, 4) is 0 Å². The van der Waals surface area contributed by atoms with Crippen LogP contribution in [0.4, 0.5) is 0 Å². The molecule has 17 heavy (non-hydrogen) atoms. The lowest BCUT2D eigenvalue weighted by atomic mass is 10.00. The third-order valence-corrected chi connectivity index (χ3v) is 2.92. The van der Waals surface area contributed by atoms with Crippen molar-refractivity contribution in [1.29, 1.82) is 0 Å². The van der Waals surface area contributed by atoms with E-state index in [1.165, 1.54) is 10.9 Å². The first kappa shape index (κ1) is 13.6. The normalized spacial score (nSPS) is 16.8. The Balaban J connectivity index is 3.05. The molecule has 0 aromatic carbocycles. The fourth-order valence-corrected chi connectivity index (χ4v) is 1.54. The topological polar surface area (TPSA) is 88.2 Å². The van der Waals surface area contributed by atoms with Gasteiger partial charge in [0, 0.05) is 0 Å². The van der Waals surface area contributed by atoms with E-state index in [0.29, 0.717) is 12.1 Å². The summed E-state index contributed by atoms with van der Waals surface area (Å²) < 4.78 is 1.30. The summed E-state index contributed by atoms with van der Waals surface area (Å²) in [6, 6.07) is -0.760. The van der Waals surface area contributed by atoms with Crippen LogP contribution in [0.3, 0.4) is 0 Å². The molecular formula is C11H19N3O3. The van der Waals surface area contributed by atoms with Crippen LogP contribution in [0.25, 0.3) is 0 Å². The Bertz CT molecular complexity index is 398. The van der Waals surface area contributed by atoms with Gasteiger partial charge in [0.1, 0.15) is 11.3 Å². The molecule has 1 rings (SSSR count). The molecule has 96 valence electrons. The van der Waals surface area contributed by atoms with Gasteiger partial charge in [-0.2, -0.15) is 0 Å². The lowest BCUT2D eigenvalue weighted by Gasteiger charge is -2.18. The average molecular weight is 241 g/mol. The molecule has 2 atom stereocenters. The van der Waals surface area contributed by atoms with Gasteiger partial charge in [0.2, 0.25) is 0 Å². The summed E-state index contributed by atoms with van der Waals surface area (Å²) in [6.45, 7) is 7.07.